The molecule has 0 saturated heterocycles. The number of rotatable bonds is 3. The van der Waals surface area contributed by atoms with Crippen LogP contribution in [0.3, 0.4) is 0 Å². The number of hydrogen-bond acceptors (Lipinski definition) is 2. The Morgan fingerprint density at radius 1 is 1.38 bits per heavy atom. The van der Waals surface area contributed by atoms with E-state index in [-0.39, 0.29) is 6.04 Å². The van der Waals surface area contributed by atoms with Gasteiger partial charge in [-0.3, -0.25) is 0 Å². The largest absolute Gasteiger partial charge is 0.496 e. The summed E-state index contributed by atoms with van der Waals surface area (Å²) in [6.45, 7) is 2.91. The van der Waals surface area contributed by atoms with Gasteiger partial charge >= 0.3 is 0 Å². The van der Waals surface area contributed by atoms with E-state index in [4.69, 9.17) is 4.74 Å². The number of nitrogens with one attached hydrogen (secondary N) is 1. The molecule has 3 heteroatoms. The zero-order valence-corrected chi connectivity index (χ0v) is 11.2. The van der Waals surface area contributed by atoms with Crippen molar-refractivity contribution in [2.24, 2.45) is 0 Å². The maximum absolute atomic E-state index is 5.62. The van der Waals surface area contributed by atoms with Gasteiger partial charge in [-0.25, -0.2) is 0 Å². The Kier molecular flexibility index (Phi) is 3.66. The van der Waals surface area contributed by atoms with Crippen molar-refractivity contribution >= 4 is 15.9 Å². The molecule has 1 aromatic rings. The maximum atomic E-state index is 5.62. The summed E-state index contributed by atoms with van der Waals surface area (Å²) >= 11 is 3.53. The standard InChI is InChI=1S/C13H16BrNO/c1-9-6-10(8-11(14)7-9)13(15-2)12-4-3-5-16-12/h4,6-8,13,15H,3,5H2,1-2H3. The van der Waals surface area contributed by atoms with Crippen LogP contribution in [0.2, 0.25) is 0 Å². The topological polar surface area (TPSA) is 21.3 Å². The van der Waals surface area contributed by atoms with Gasteiger partial charge in [0.15, 0.2) is 0 Å². The van der Waals surface area contributed by atoms with E-state index in [1.54, 1.807) is 0 Å². The van der Waals surface area contributed by atoms with Crippen molar-refractivity contribution in [2.45, 2.75) is 19.4 Å². The highest BCUT2D eigenvalue weighted by atomic mass is 79.9. The van der Waals surface area contributed by atoms with E-state index < -0.39 is 0 Å². The molecule has 0 amide bonds. The molecule has 1 unspecified atom stereocenters. The third kappa shape index (κ3) is 2.47. The van der Waals surface area contributed by atoms with E-state index >= 15 is 0 Å². The van der Waals surface area contributed by atoms with Crippen LogP contribution in [0.5, 0.6) is 0 Å². The van der Waals surface area contributed by atoms with Crippen molar-refractivity contribution in [1.82, 2.24) is 5.32 Å². The molecule has 86 valence electrons. The molecular formula is C13H16BrNO. The zero-order chi connectivity index (χ0) is 11.5. The van der Waals surface area contributed by atoms with Gasteiger partial charge in [-0.2, -0.15) is 0 Å². The Hall–Kier alpha value is -0.800. The van der Waals surface area contributed by atoms with E-state index in [1.165, 1.54) is 11.1 Å². The molecule has 1 atom stereocenters. The lowest BCUT2D eigenvalue weighted by molar-refractivity contribution is 0.218. The molecule has 1 aromatic carbocycles. The fourth-order valence-electron chi connectivity index (χ4n) is 2.04. The highest BCUT2D eigenvalue weighted by molar-refractivity contribution is 9.10. The zero-order valence-electron chi connectivity index (χ0n) is 9.59. The first kappa shape index (κ1) is 11.7. The number of aryl methyl sites for hydroxylation is 1. The third-order valence-electron chi connectivity index (χ3n) is 2.70. The fourth-order valence-corrected chi connectivity index (χ4v) is 2.67. The summed E-state index contributed by atoms with van der Waals surface area (Å²) in [5.74, 6) is 1.04. The minimum atomic E-state index is 0.165. The Bertz CT molecular complexity index is 394. The van der Waals surface area contributed by atoms with E-state index in [0.717, 1.165) is 23.3 Å². The van der Waals surface area contributed by atoms with Gasteiger partial charge in [0, 0.05) is 10.9 Å². The number of benzene rings is 1. The predicted molar refractivity (Wildman–Crippen MR) is 69.3 cm³/mol. The second kappa shape index (κ2) is 5.02. The van der Waals surface area contributed by atoms with Gasteiger partial charge in [0.05, 0.1) is 12.6 Å². The Morgan fingerprint density at radius 3 is 2.75 bits per heavy atom. The second-order valence-corrected chi connectivity index (χ2v) is 4.94. The van der Waals surface area contributed by atoms with Crippen LogP contribution < -0.4 is 5.32 Å². The number of ether oxygens (including phenoxy) is 1. The van der Waals surface area contributed by atoms with Crippen LogP contribution in [-0.2, 0) is 4.74 Å². The third-order valence-corrected chi connectivity index (χ3v) is 3.16. The first-order valence-electron chi connectivity index (χ1n) is 5.48. The second-order valence-electron chi connectivity index (χ2n) is 4.03. The fraction of sp³-hybridized carbons (Fsp3) is 0.385. The van der Waals surface area contributed by atoms with Gasteiger partial charge in [0.1, 0.15) is 5.76 Å². The van der Waals surface area contributed by atoms with Crippen molar-refractivity contribution in [3.05, 3.63) is 45.6 Å². The summed E-state index contributed by atoms with van der Waals surface area (Å²) in [5.41, 5.74) is 2.49. The smallest absolute Gasteiger partial charge is 0.114 e. The van der Waals surface area contributed by atoms with E-state index in [1.807, 2.05) is 7.05 Å². The van der Waals surface area contributed by atoms with Gasteiger partial charge in [-0.05, 0) is 43.3 Å². The monoisotopic (exact) mass is 281 g/mol. The lowest BCUT2D eigenvalue weighted by Gasteiger charge is -2.18. The number of hydrogen-bond donors (Lipinski definition) is 1. The number of halogens is 1. The minimum Gasteiger partial charge on any atom is -0.496 e. The van der Waals surface area contributed by atoms with Crippen LogP contribution in [0.4, 0.5) is 0 Å². The van der Waals surface area contributed by atoms with Gasteiger partial charge in [0.25, 0.3) is 0 Å². The molecule has 0 fully saturated rings. The molecule has 0 radical (unpaired) electrons. The summed E-state index contributed by atoms with van der Waals surface area (Å²) in [6, 6.07) is 6.60. The molecule has 2 rings (SSSR count). The first-order valence-corrected chi connectivity index (χ1v) is 6.27. The predicted octanol–water partition coefficient (Wildman–Crippen LogP) is 3.32. The molecule has 2 nitrogen and oxygen atoms in total. The van der Waals surface area contributed by atoms with E-state index in [0.29, 0.717) is 0 Å². The van der Waals surface area contributed by atoms with Crippen molar-refractivity contribution in [2.75, 3.05) is 13.7 Å². The number of likely N-dealkylation sites (N-methyl/N-ethyl adjacent to an activating group) is 1. The van der Waals surface area contributed by atoms with Crippen molar-refractivity contribution in [1.29, 1.82) is 0 Å². The highest BCUT2D eigenvalue weighted by Crippen LogP contribution is 2.28. The summed E-state index contributed by atoms with van der Waals surface area (Å²) in [5, 5.41) is 3.30. The minimum absolute atomic E-state index is 0.165. The van der Waals surface area contributed by atoms with Crippen molar-refractivity contribution in [3.63, 3.8) is 0 Å². The maximum Gasteiger partial charge on any atom is 0.114 e. The van der Waals surface area contributed by atoms with Crippen LogP contribution in [0.1, 0.15) is 23.6 Å². The van der Waals surface area contributed by atoms with E-state index in [2.05, 4.69) is 52.4 Å². The summed E-state index contributed by atoms with van der Waals surface area (Å²) in [4.78, 5) is 0. The van der Waals surface area contributed by atoms with Crippen molar-refractivity contribution in [3.8, 4) is 0 Å². The van der Waals surface area contributed by atoms with E-state index in [9.17, 15) is 0 Å². The van der Waals surface area contributed by atoms with Crippen LogP contribution >= 0.6 is 15.9 Å². The Labute approximate surface area is 105 Å². The molecular weight excluding hydrogens is 266 g/mol. The van der Waals surface area contributed by atoms with Gasteiger partial charge in [0.2, 0.25) is 0 Å². The normalized spacial score (nSPS) is 16.8. The molecule has 1 aliphatic heterocycles. The average molecular weight is 282 g/mol. The molecule has 1 heterocycles. The summed E-state index contributed by atoms with van der Waals surface area (Å²) in [6.07, 6.45) is 3.18. The van der Waals surface area contributed by atoms with Crippen LogP contribution in [0, 0.1) is 6.92 Å². The SMILES string of the molecule is CNC(C1=CCCO1)c1cc(C)cc(Br)c1. The van der Waals surface area contributed by atoms with Gasteiger partial charge in [-0.1, -0.05) is 22.0 Å². The Balaban J connectivity index is 2.32. The van der Waals surface area contributed by atoms with Crippen molar-refractivity contribution < 1.29 is 4.74 Å². The molecule has 1 N–H and O–H groups in total. The highest BCUT2D eigenvalue weighted by Gasteiger charge is 2.19. The molecule has 0 bridgehead atoms. The molecule has 0 aromatic heterocycles. The molecule has 0 saturated carbocycles. The molecule has 0 spiro atoms. The molecule has 16 heavy (non-hydrogen) atoms. The van der Waals surface area contributed by atoms with Gasteiger partial charge in [-0.15, -0.1) is 0 Å². The summed E-state index contributed by atoms with van der Waals surface area (Å²) in [7, 11) is 1.96. The summed E-state index contributed by atoms with van der Waals surface area (Å²) < 4.78 is 6.74. The lowest BCUT2D eigenvalue weighted by Crippen LogP contribution is -2.19. The quantitative estimate of drug-likeness (QED) is 0.918. The molecule has 0 aliphatic carbocycles. The Morgan fingerprint density at radius 2 is 2.19 bits per heavy atom. The lowest BCUT2D eigenvalue weighted by atomic mass is 10.0. The van der Waals surface area contributed by atoms with Crippen LogP contribution in [0.25, 0.3) is 0 Å². The van der Waals surface area contributed by atoms with Crippen LogP contribution in [0.15, 0.2) is 34.5 Å². The molecule has 1 aliphatic rings. The van der Waals surface area contributed by atoms with Crippen LogP contribution in [-0.4, -0.2) is 13.7 Å². The average Bonchev–Trinajstić information content (AvgIpc) is 2.70. The van der Waals surface area contributed by atoms with Gasteiger partial charge < -0.3 is 10.1 Å². The first-order chi connectivity index (χ1) is 7.70.